The Balaban J connectivity index is 2.31. The Labute approximate surface area is 108 Å². The summed E-state index contributed by atoms with van der Waals surface area (Å²) in [6.07, 6.45) is 0. The van der Waals surface area contributed by atoms with E-state index in [4.69, 9.17) is 5.73 Å². The lowest BCUT2D eigenvalue weighted by Gasteiger charge is -2.04. The summed E-state index contributed by atoms with van der Waals surface area (Å²) in [5, 5.41) is 8.77. The van der Waals surface area contributed by atoms with Crippen molar-refractivity contribution in [2.45, 2.75) is 16.2 Å². The zero-order valence-electron chi connectivity index (χ0n) is 8.20. The lowest BCUT2D eigenvalue weighted by Crippen LogP contribution is -1.91. The highest BCUT2D eigenvalue weighted by atomic mass is 79.9. The third-order valence-corrected chi connectivity index (χ3v) is 4.33. The number of anilines is 1. The molecule has 2 N–H and O–H groups in total. The molecule has 2 aromatic rings. The van der Waals surface area contributed by atoms with Crippen LogP contribution in [0.1, 0.15) is 5.01 Å². The van der Waals surface area contributed by atoms with E-state index in [0.29, 0.717) is 10.2 Å². The zero-order valence-corrected chi connectivity index (χ0v) is 11.4. The molecular weight excluding hydrogens is 313 g/mol. The number of nitrogens with two attached hydrogens (primary N) is 1. The Morgan fingerprint density at radius 1 is 1.44 bits per heavy atom. The van der Waals surface area contributed by atoms with Gasteiger partial charge in [-0.15, -0.1) is 10.2 Å². The van der Waals surface area contributed by atoms with Crippen LogP contribution < -0.4 is 5.73 Å². The monoisotopic (exact) mass is 319 g/mol. The van der Waals surface area contributed by atoms with Gasteiger partial charge in [0.15, 0.2) is 4.34 Å². The summed E-state index contributed by atoms with van der Waals surface area (Å²) in [4.78, 5) is 0.768. The minimum atomic E-state index is -0.365. The van der Waals surface area contributed by atoms with Crippen LogP contribution in [0.15, 0.2) is 25.8 Å². The molecule has 0 radical (unpaired) electrons. The van der Waals surface area contributed by atoms with Crippen LogP contribution >= 0.6 is 39.0 Å². The summed E-state index contributed by atoms with van der Waals surface area (Å²) in [7, 11) is 0. The number of nitrogen functional groups attached to an aromatic ring is 1. The largest absolute Gasteiger partial charge is 0.398 e. The van der Waals surface area contributed by atoms with E-state index < -0.39 is 0 Å². The molecule has 0 spiro atoms. The van der Waals surface area contributed by atoms with E-state index in [2.05, 4.69) is 26.1 Å². The number of hydrogen-bond donors (Lipinski definition) is 1. The van der Waals surface area contributed by atoms with E-state index in [-0.39, 0.29) is 5.82 Å². The predicted molar refractivity (Wildman–Crippen MR) is 67.3 cm³/mol. The lowest BCUT2D eigenvalue weighted by atomic mass is 10.3. The smallest absolute Gasteiger partial charge is 0.179 e. The molecule has 1 aromatic carbocycles. The van der Waals surface area contributed by atoms with Crippen LogP contribution in [0.2, 0.25) is 0 Å². The molecule has 84 valence electrons. The maximum absolute atomic E-state index is 13.1. The number of aromatic nitrogens is 2. The van der Waals surface area contributed by atoms with Crippen molar-refractivity contribution in [3.05, 3.63) is 27.4 Å². The van der Waals surface area contributed by atoms with E-state index in [9.17, 15) is 4.39 Å². The number of aryl methyl sites for hydroxylation is 1. The number of nitrogens with zero attached hydrogens (tertiary/aromatic N) is 2. The molecule has 0 saturated carbocycles. The van der Waals surface area contributed by atoms with E-state index in [1.165, 1.54) is 29.2 Å². The second kappa shape index (κ2) is 4.68. The van der Waals surface area contributed by atoms with Gasteiger partial charge in [0.25, 0.3) is 0 Å². The van der Waals surface area contributed by atoms with Gasteiger partial charge in [0, 0.05) is 10.6 Å². The van der Waals surface area contributed by atoms with Gasteiger partial charge in [-0.2, -0.15) is 0 Å². The third kappa shape index (κ3) is 2.53. The molecule has 1 aromatic heterocycles. The molecule has 0 fully saturated rings. The van der Waals surface area contributed by atoms with Crippen molar-refractivity contribution in [1.29, 1.82) is 0 Å². The molecule has 0 aliphatic rings. The number of benzene rings is 1. The second-order valence-corrected chi connectivity index (χ2v) is 6.32. The van der Waals surface area contributed by atoms with Crippen molar-refractivity contribution >= 4 is 44.7 Å². The molecule has 0 aliphatic carbocycles. The van der Waals surface area contributed by atoms with Crippen molar-refractivity contribution in [2.75, 3.05) is 5.73 Å². The molecule has 3 nitrogen and oxygen atoms in total. The minimum Gasteiger partial charge on any atom is -0.398 e. The standard InChI is InChI=1S/C9H7BrFN3S2/c1-4-13-14-9(15-4)16-8-2-5(10)6(11)3-7(8)12/h2-3H,12H2,1H3. The average Bonchev–Trinajstić information content (AvgIpc) is 2.60. The normalized spacial score (nSPS) is 10.7. The summed E-state index contributed by atoms with van der Waals surface area (Å²) >= 11 is 5.98. The molecule has 0 aliphatic heterocycles. The predicted octanol–water partition coefficient (Wildman–Crippen LogP) is 3.48. The maximum Gasteiger partial charge on any atom is 0.179 e. The van der Waals surface area contributed by atoms with E-state index in [1.54, 1.807) is 6.07 Å². The zero-order chi connectivity index (χ0) is 11.7. The van der Waals surface area contributed by atoms with Crippen LogP contribution in [0.4, 0.5) is 10.1 Å². The van der Waals surface area contributed by atoms with Gasteiger partial charge in [-0.1, -0.05) is 23.1 Å². The SMILES string of the molecule is Cc1nnc(Sc2cc(Br)c(F)cc2N)s1. The first-order valence-electron chi connectivity index (χ1n) is 4.29. The van der Waals surface area contributed by atoms with Gasteiger partial charge < -0.3 is 5.73 Å². The third-order valence-electron chi connectivity index (χ3n) is 1.76. The Hall–Kier alpha value is -0.660. The highest BCUT2D eigenvalue weighted by molar-refractivity contribution is 9.10. The van der Waals surface area contributed by atoms with Gasteiger partial charge >= 0.3 is 0 Å². The Morgan fingerprint density at radius 2 is 2.19 bits per heavy atom. The summed E-state index contributed by atoms with van der Waals surface area (Å²) in [5.74, 6) is -0.365. The fourth-order valence-corrected chi connectivity index (χ4v) is 3.38. The van der Waals surface area contributed by atoms with Gasteiger partial charge in [-0.05, 0) is 35.0 Å². The number of rotatable bonds is 2. The highest BCUT2D eigenvalue weighted by Gasteiger charge is 2.09. The Bertz CT molecular complexity index is 529. The molecule has 0 amide bonds. The lowest BCUT2D eigenvalue weighted by molar-refractivity contribution is 0.620. The van der Waals surface area contributed by atoms with Gasteiger partial charge in [-0.3, -0.25) is 0 Å². The van der Waals surface area contributed by atoms with Crippen LogP contribution in [0.5, 0.6) is 0 Å². The second-order valence-electron chi connectivity index (χ2n) is 2.99. The molecule has 16 heavy (non-hydrogen) atoms. The van der Waals surface area contributed by atoms with Crippen molar-refractivity contribution in [1.82, 2.24) is 10.2 Å². The van der Waals surface area contributed by atoms with Crippen LogP contribution in [-0.4, -0.2) is 10.2 Å². The number of hydrogen-bond acceptors (Lipinski definition) is 5. The van der Waals surface area contributed by atoms with Gasteiger partial charge in [-0.25, -0.2) is 4.39 Å². The average molecular weight is 320 g/mol. The van der Waals surface area contributed by atoms with Crippen molar-refractivity contribution in [2.24, 2.45) is 0 Å². The van der Waals surface area contributed by atoms with E-state index >= 15 is 0 Å². The summed E-state index contributed by atoms with van der Waals surface area (Å²) in [6, 6.07) is 2.94. The Kier molecular flexibility index (Phi) is 3.46. The van der Waals surface area contributed by atoms with Gasteiger partial charge in [0.05, 0.1) is 4.47 Å². The van der Waals surface area contributed by atoms with Gasteiger partial charge in [0.2, 0.25) is 0 Å². The van der Waals surface area contributed by atoms with Crippen molar-refractivity contribution in [3.63, 3.8) is 0 Å². The van der Waals surface area contributed by atoms with Crippen LogP contribution in [0, 0.1) is 12.7 Å². The molecule has 2 rings (SSSR count). The van der Waals surface area contributed by atoms with E-state index in [1.807, 2.05) is 6.92 Å². The van der Waals surface area contributed by atoms with Crippen molar-refractivity contribution in [3.8, 4) is 0 Å². The van der Waals surface area contributed by atoms with Crippen LogP contribution in [0.25, 0.3) is 0 Å². The molecule has 0 atom stereocenters. The van der Waals surface area contributed by atoms with E-state index in [0.717, 1.165) is 14.2 Å². The summed E-state index contributed by atoms with van der Waals surface area (Å²) in [6.45, 7) is 1.88. The molecule has 0 saturated heterocycles. The quantitative estimate of drug-likeness (QED) is 0.861. The Morgan fingerprint density at radius 3 is 2.81 bits per heavy atom. The first-order chi connectivity index (χ1) is 7.56. The first kappa shape index (κ1) is 11.8. The minimum absolute atomic E-state index is 0.365. The fourth-order valence-electron chi connectivity index (χ4n) is 1.05. The number of halogens is 2. The maximum atomic E-state index is 13.1. The molecule has 0 unspecified atom stereocenters. The molecular formula is C9H7BrFN3S2. The first-order valence-corrected chi connectivity index (χ1v) is 6.71. The van der Waals surface area contributed by atoms with Crippen LogP contribution in [0.3, 0.4) is 0 Å². The molecule has 7 heteroatoms. The highest BCUT2D eigenvalue weighted by Crippen LogP contribution is 2.36. The summed E-state index contributed by atoms with van der Waals surface area (Å²) < 4.78 is 14.3. The fraction of sp³-hybridized carbons (Fsp3) is 0.111. The van der Waals surface area contributed by atoms with Gasteiger partial charge in [0.1, 0.15) is 10.8 Å². The molecule has 1 heterocycles. The topological polar surface area (TPSA) is 51.8 Å². The summed E-state index contributed by atoms with van der Waals surface area (Å²) in [5.41, 5.74) is 6.12. The van der Waals surface area contributed by atoms with Crippen molar-refractivity contribution < 1.29 is 4.39 Å². The molecule has 0 bridgehead atoms. The van der Waals surface area contributed by atoms with Crippen LogP contribution in [-0.2, 0) is 0 Å².